The lowest BCUT2D eigenvalue weighted by Crippen LogP contribution is -2.33. The Kier molecular flexibility index (Phi) is 9.19. The zero-order chi connectivity index (χ0) is 10.8. The fourth-order valence-electron chi connectivity index (χ4n) is 0.995. The molecule has 0 fully saturated rings. The summed E-state index contributed by atoms with van der Waals surface area (Å²) in [6.07, 6.45) is 5.88. The van der Waals surface area contributed by atoms with Crippen LogP contribution >= 0.6 is 11.8 Å². The van der Waals surface area contributed by atoms with Crippen LogP contribution in [0, 0.1) is 0 Å². The molecule has 1 atom stereocenters. The lowest BCUT2D eigenvalue weighted by atomic mass is 10.2. The Bertz CT molecular complexity index is 153. The maximum Gasteiger partial charge on any atom is 0.322 e. The first kappa shape index (κ1) is 13.8. The fourth-order valence-corrected chi connectivity index (χ4v) is 1.48. The Morgan fingerprint density at radius 3 is 2.79 bits per heavy atom. The zero-order valence-electron chi connectivity index (χ0n) is 9.12. The van der Waals surface area contributed by atoms with Crippen LogP contribution in [0.15, 0.2) is 0 Å². The van der Waals surface area contributed by atoms with Gasteiger partial charge in [-0.05, 0) is 24.9 Å². The maximum atomic E-state index is 11.3. The predicted molar refractivity (Wildman–Crippen MR) is 61.5 cm³/mol. The second-order valence-electron chi connectivity index (χ2n) is 3.26. The molecule has 0 unspecified atom stereocenters. The van der Waals surface area contributed by atoms with Crippen LogP contribution in [0.3, 0.4) is 0 Å². The average molecular weight is 219 g/mol. The van der Waals surface area contributed by atoms with E-state index in [1.165, 1.54) is 0 Å². The smallest absolute Gasteiger partial charge is 0.322 e. The molecule has 0 saturated heterocycles. The van der Waals surface area contributed by atoms with Crippen LogP contribution in [0.25, 0.3) is 0 Å². The summed E-state index contributed by atoms with van der Waals surface area (Å²) in [5.74, 6) is 0.653. The highest BCUT2D eigenvalue weighted by Gasteiger charge is 2.13. The predicted octanol–water partition coefficient (Wildman–Crippen LogP) is 1.80. The van der Waals surface area contributed by atoms with Gasteiger partial charge in [-0.2, -0.15) is 11.8 Å². The largest absolute Gasteiger partial charge is 0.465 e. The lowest BCUT2D eigenvalue weighted by Gasteiger charge is -2.10. The first-order valence-corrected chi connectivity index (χ1v) is 6.53. The number of thioether (sulfide) groups is 1. The van der Waals surface area contributed by atoms with E-state index in [2.05, 4.69) is 6.92 Å². The first-order valence-electron chi connectivity index (χ1n) is 5.13. The quantitative estimate of drug-likeness (QED) is 0.499. The molecule has 0 aliphatic rings. The van der Waals surface area contributed by atoms with Gasteiger partial charge in [0.1, 0.15) is 6.04 Å². The number of hydrogen-bond acceptors (Lipinski definition) is 4. The molecule has 0 aromatic carbocycles. The van der Waals surface area contributed by atoms with E-state index in [1.807, 2.05) is 6.26 Å². The Morgan fingerprint density at radius 1 is 1.50 bits per heavy atom. The van der Waals surface area contributed by atoms with Crippen molar-refractivity contribution in [2.45, 2.75) is 38.6 Å². The number of unbranched alkanes of at least 4 members (excludes halogenated alkanes) is 2. The van der Waals surface area contributed by atoms with Gasteiger partial charge in [0.15, 0.2) is 0 Å². The van der Waals surface area contributed by atoms with E-state index in [1.54, 1.807) is 11.8 Å². The Hall–Kier alpha value is -0.220. The van der Waals surface area contributed by atoms with Gasteiger partial charge in [0.25, 0.3) is 0 Å². The second-order valence-corrected chi connectivity index (χ2v) is 4.25. The highest BCUT2D eigenvalue weighted by Crippen LogP contribution is 2.01. The van der Waals surface area contributed by atoms with Crippen molar-refractivity contribution in [3.63, 3.8) is 0 Å². The summed E-state index contributed by atoms with van der Waals surface area (Å²) < 4.78 is 5.03. The number of esters is 1. The molecule has 3 nitrogen and oxygen atoms in total. The molecule has 0 aromatic heterocycles. The van der Waals surface area contributed by atoms with Crippen LogP contribution in [0.1, 0.15) is 32.6 Å². The summed E-state index contributed by atoms with van der Waals surface area (Å²) in [6.45, 7) is 2.63. The van der Waals surface area contributed by atoms with Gasteiger partial charge in [-0.25, -0.2) is 0 Å². The average Bonchev–Trinajstić information content (AvgIpc) is 2.20. The molecular weight excluding hydrogens is 198 g/mol. The molecule has 0 amide bonds. The van der Waals surface area contributed by atoms with Crippen LogP contribution in [0.4, 0.5) is 0 Å². The lowest BCUT2D eigenvalue weighted by molar-refractivity contribution is -0.145. The van der Waals surface area contributed by atoms with E-state index >= 15 is 0 Å². The monoisotopic (exact) mass is 219 g/mol. The normalized spacial score (nSPS) is 12.5. The van der Waals surface area contributed by atoms with E-state index in [-0.39, 0.29) is 5.97 Å². The molecule has 2 N–H and O–H groups in total. The second kappa shape index (κ2) is 9.34. The number of nitrogens with two attached hydrogens (primary N) is 1. The van der Waals surface area contributed by atoms with Gasteiger partial charge in [-0.3, -0.25) is 4.79 Å². The molecule has 84 valence electrons. The van der Waals surface area contributed by atoms with E-state index in [4.69, 9.17) is 10.5 Å². The van der Waals surface area contributed by atoms with Crippen molar-refractivity contribution in [2.24, 2.45) is 5.73 Å². The van der Waals surface area contributed by atoms with Crippen LogP contribution in [0.5, 0.6) is 0 Å². The molecule has 0 radical (unpaired) electrons. The molecule has 0 heterocycles. The van der Waals surface area contributed by atoms with Crippen molar-refractivity contribution in [2.75, 3.05) is 18.6 Å². The number of rotatable bonds is 8. The third kappa shape index (κ3) is 7.21. The minimum atomic E-state index is -0.441. The number of hydrogen-bond donors (Lipinski definition) is 1. The SMILES string of the molecule is CCCCCOC(=O)[C@H](N)CCSC. The van der Waals surface area contributed by atoms with E-state index in [0.717, 1.165) is 25.0 Å². The molecule has 0 spiro atoms. The van der Waals surface area contributed by atoms with Gasteiger partial charge in [0.2, 0.25) is 0 Å². The first-order chi connectivity index (χ1) is 6.72. The highest BCUT2D eigenvalue weighted by atomic mass is 32.2. The molecule has 0 aliphatic carbocycles. The molecular formula is C10H21NO2S. The summed E-state index contributed by atoms with van der Waals surface area (Å²) in [4.78, 5) is 11.3. The fraction of sp³-hybridized carbons (Fsp3) is 0.900. The van der Waals surface area contributed by atoms with Crippen LogP contribution in [0.2, 0.25) is 0 Å². The summed E-state index contributed by atoms with van der Waals surface area (Å²) in [6, 6.07) is -0.441. The van der Waals surface area contributed by atoms with Crippen molar-refractivity contribution >= 4 is 17.7 Å². The van der Waals surface area contributed by atoms with Gasteiger partial charge >= 0.3 is 5.97 Å². The van der Waals surface area contributed by atoms with Crippen molar-refractivity contribution in [3.05, 3.63) is 0 Å². The third-order valence-electron chi connectivity index (χ3n) is 1.93. The number of ether oxygens (including phenoxy) is 1. The summed E-state index contributed by atoms with van der Waals surface area (Å²) in [7, 11) is 0. The molecule has 0 saturated carbocycles. The third-order valence-corrected chi connectivity index (χ3v) is 2.57. The zero-order valence-corrected chi connectivity index (χ0v) is 9.94. The number of carbonyl (C=O) groups is 1. The van der Waals surface area contributed by atoms with Crippen LogP contribution in [-0.2, 0) is 9.53 Å². The summed E-state index contributed by atoms with van der Waals surface area (Å²) in [5.41, 5.74) is 5.63. The standard InChI is InChI=1S/C10H21NO2S/c1-3-4-5-7-13-10(12)9(11)6-8-14-2/h9H,3-8,11H2,1-2H3/t9-/m1/s1. The van der Waals surface area contributed by atoms with Gasteiger partial charge in [-0.15, -0.1) is 0 Å². The van der Waals surface area contributed by atoms with Crippen molar-refractivity contribution in [1.29, 1.82) is 0 Å². The van der Waals surface area contributed by atoms with Crippen molar-refractivity contribution in [1.82, 2.24) is 0 Å². The molecule has 4 heteroatoms. The minimum Gasteiger partial charge on any atom is -0.465 e. The van der Waals surface area contributed by atoms with E-state index in [0.29, 0.717) is 13.0 Å². The van der Waals surface area contributed by atoms with Gasteiger partial charge in [-0.1, -0.05) is 19.8 Å². The number of carbonyl (C=O) groups excluding carboxylic acids is 1. The minimum absolute atomic E-state index is 0.254. The molecule has 0 aromatic rings. The van der Waals surface area contributed by atoms with Crippen LogP contribution in [-0.4, -0.2) is 30.6 Å². The Balaban J connectivity index is 3.42. The van der Waals surface area contributed by atoms with E-state index < -0.39 is 6.04 Å². The maximum absolute atomic E-state index is 11.3. The van der Waals surface area contributed by atoms with Crippen molar-refractivity contribution < 1.29 is 9.53 Å². The highest BCUT2D eigenvalue weighted by molar-refractivity contribution is 7.98. The molecule has 0 aliphatic heterocycles. The van der Waals surface area contributed by atoms with Crippen molar-refractivity contribution in [3.8, 4) is 0 Å². The molecule has 0 rings (SSSR count). The molecule has 14 heavy (non-hydrogen) atoms. The Morgan fingerprint density at radius 2 is 2.21 bits per heavy atom. The van der Waals surface area contributed by atoms with E-state index in [9.17, 15) is 4.79 Å². The Labute approximate surface area is 90.8 Å². The topological polar surface area (TPSA) is 52.3 Å². The van der Waals surface area contributed by atoms with Crippen LogP contribution < -0.4 is 5.73 Å². The van der Waals surface area contributed by atoms with Gasteiger partial charge < -0.3 is 10.5 Å². The summed E-state index contributed by atoms with van der Waals surface area (Å²) >= 11 is 1.69. The molecule has 0 bridgehead atoms. The summed E-state index contributed by atoms with van der Waals surface area (Å²) in [5, 5.41) is 0. The van der Waals surface area contributed by atoms with Gasteiger partial charge in [0.05, 0.1) is 6.61 Å². The van der Waals surface area contributed by atoms with Gasteiger partial charge in [0, 0.05) is 0 Å².